The quantitative estimate of drug-likeness (QED) is 0.103. The zero-order valence-corrected chi connectivity index (χ0v) is 29.7. The van der Waals surface area contributed by atoms with Crippen LogP contribution in [-0.4, -0.2) is 77.2 Å². The highest BCUT2D eigenvalue weighted by molar-refractivity contribution is 6.76. The van der Waals surface area contributed by atoms with Gasteiger partial charge >= 0.3 is 0 Å². The Bertz CT molecular complexity index is 1920. The number of morpholine rings is 1. The third-order valence-electron chi connectivity index (χ3n) is 9.46. The fourth-order valence-electron chi connectivity index (χ4n) is 6.29. The van der Waals surface area contributed by atoms with Gasteiger partial charge in [-0.15, -0.1) is 0 Å². The molecule has 0 N–H and O–H groups in total. The van der Waals surface area contributed by atoms with Crippen molar-refractivity contribution in [2.45, 2.75) is 70.7 Å². The molecule has 1 saturated carbocycles. The van der Waals surface area contributed by atoms with Gasteiger partial charge in [0.1, 0.15) is 23.8 Å². The molecule has 0 amide bonds. The Kier molecular flexibility index (Phi) is 9.53. The first-order valence-corrected chi connectivity index (χ1v) is 20.8. The van der Waals surface area contributed by atoms with E-state index in [1.165, 1.54) is 6.42 Å². The molecule has 14 heteroatoms. The number of hydrogen-bond acceptors (Lipinski definition) is 9. The summed E-state index contributed by atoms with van der Waals surface area (Å²) in [5.41, 5.74) is 3.35. The van der Waals surface area contributed by atoms with Crippen LogP contribution in [-0.2, 0) is 29.3 Å². The molecule has 1 aliphatic heterocycles. The minimum Gasteiger partial charge on any atom is -0.497 e. The van der Waals surface area contributed by atoms with Crippen LogP contribution in [0.3, 0.4) is 0 Å². The van der Waals surface area contributed by atoms with E-state index in [-0.39, 0.29) is 18.8 Å². The molecule has 3 aromatic heterocycles. The number of anilines is 2. The van der Waals surface area contributed by atoms with E-state index in [2.05, 4.69) is 29.4 Å². The first kappa shape index (κ1) is 33.4. The van der Waals surface area contributed by atoms with Crippen molar-refractivity contribution in [2.24, 2.45) is 0 Å². The summed E-state index contributed by atoms with van der Waals surface area (Å²) in [6.07, 6.45) is 5.32. The van der Waals surface area contributed by atoms with E-state index >= 15 is 4.39 Å². The van der Waals surface area contributed by atoms with Crippen LogP contribution in [0.15, 0.2) is 42.6 Å². The predicted octanol–water partition coefficient (Wildman–Crippen LogP) is 6.38. The third-order valence-corrected chi connectivity index (χ3v) is 11.2. The molecule has 11 nitrogen and oxygen atoms in total. The minimum absolute atomic E-state index is 0.0265. The monoisotopic (exact) mass is 690 g/mol. The number of imidazole rings is 1. The second-order valence-electron chi connectivity index (χ2n) is 14.1. The highest BCUT2D eigenvalue weighted by Crippen LogP contribution is 2.39. The van der Waals surface area contributed by atoms with Crippen LogP contribution in [0, 0.1) is 11.6 Å². The van der Waals surface area contributed by atoms with Gasteiger partial charge in [0.2, 0.25) is 11.9 Å². The van der Waals surface area contributed by atoms with Crippen LogP contribution in [0.1, 0.15) is 42.1 Å². The lowest BCUT2D eigenvalue weighted by Gasteiger charge is -2.30. The number of rotatable bonds is 13. The van der Waals surface area contributed by atoms with Crippen molar-refractivity contribution in [3.8, 4) is 5.75 Å². The van der Waals surface area contributed by atoms with Gasteiger partial charge in [0.25, 0.3) is 0 Å². The molecule has 5 aromatic rings. The molecule has 0 bridgehead atoms. The van der Waals surface area contributed by atoms with Crippen molar-refractivity contribution in [3.63, 3.8) is 0 Å². The Morgan fingerprint density at radius 3 is 2.45 bits per heavy atom. The summed E-state index contributed by atoms with van der Waals surface area (Å²) in [5.74, 6) is 0.959. The van der Waals surface area contributed by atoms with Crippen LogP contribution in [0.4, 0.5) is 20.7 Å². The molecule has 2 fully saturated rings. The molecule has 2 aromatic carbocycles. The summed E-state index contributed by atoms with van der Waals surface area (Å²) in [6.45, 7) is 10.8. The Labute approximate surface area is 285 Å². The molecule has 260 valence electrons. The van der Waals surface area contributed by atoms with Gasteiger partial charge < -0.3 is 28.6 Å². The maximum atomic E-state index is 15.2. The van der Waals surface area contributed by atoms with E-state index in [1.807, 2.05) is 39.5 Å². The molecular formula is C35H44F2N8O3Si. The maximum Gasteiger partial charge on any atom is 0.232 e. The molecule has 0 unspecified atom stereocenters. The van der Waals surface area contributed by atoms with Gasteiger partial charge in [-0.2, -0.15) is 19.6 Å². The smallest absolute Gasteiger partial charge is 0.232 e. The number of nitrogens with zero attached hydrogens (tertiary/aromatic N) is 8. The first-order valence-electron chi connectivity index (χ1n) is 17.1. The number of halogens is 2. The largest absolute Gasteiger partial charge is 0.497 e. The van der Waals surface area contributed by atoms with Gasteiger partial charge in [0.05, 0.1) is 38.6 Å². The van der Waals surface area contributed by atoms with Gasteiger partial charge in [0.15, 0.2) is 17.3 Å². The average molecular weight is 691 g/mol. The van der Waals surface area contributed by atoms with E-state index < -0.39 is 19.7 Å². The van der Waals surface area contributed by atoms with Gasteiger partial charge in [-0.25, -0.2) is 13.8 Å². The predicted molar refractivity (Wildman–Crippen MR) is 187 cm³/mol. The van der Waals surface area contributed by atoms with Crippen LogP contribution >= 0.6 is 0 Å². The summed E-state index contributed by atoms with van der Waals surface area (Å²) >= 11 is 0. The molecule has 4 heterocycles. The van der Waals surface area contributed by atoms with E-state index in [4.69, 9.17) is 34.3 Å². The number of benzene rings is 2. The van der Waals surface area contributed by atoms with Gasteiger partial charge in [-0.1, -0.05) is 38.2 Å². The molecule has 2 aliphatic rings. The number of fused-ring (bicyclic) bond motifs is 2. The normalized spacial score (nSPS) is 15.7. The van der Waals surface area contributed by atoms with Crippen molar-refractivity contribution >= 4 is 36.7 Å². The summed E-state index contributed by atoms with van der Waals surface area (Å²) in [7, 11) is 0.294. The standard InChI is InChI=1S/C35H44F2N8O3Si/c1-46-26-10-8-24(9-11-26)21-43(22-30-39-32-29(13-12-28(36)31(32)37)44(30)23-48-18-19-49(2,3)4)35-41-34(42-14-16-47-17-15-42)40-33-27(20-38-45(33)35)25-6-5-7-25/h8-13,20,25H,5-7,14-19,21-23H2,1-4H3. The van der Waals surface area contributed by atoms with Crippen molar-refractivity contribution in [1.82, 2.24) is 29.1 Å². The lowest BCUT2D eigenvalue weighted by Crippen LogP contribution is -2.38. The van der Waals surface area contributed by atoms with Crippen LogP contribution in [0.2, 0.25) is 25.7 Å². The van der Waals surface area contributed by atoms with E-state index in [0.29, 0.717) is 68.6 Å². The molecule has 1 aliphatic carbocycles. The zero-order chi connectivity index (χ0) is 34.1. The van der Waals surface area contributed by atoms with Gasteiger partial charge in [-0.3, -0.25) is 0 Å². The topological polar surface area (TPSA) is 95.1 Å². The summed E-state index contributed by atoms with van der Waals surface area (Å²) in [6, 6.07) is 11.5. The Hall–Kier alpha value is -4.14. The van der Waals surface area contributed by atoms with E-state index in [0.717, 1.165) is 47.5 Å². The average Bonchev–Trinajstić information content (AvgIpc) is 3.65. The van der Waals surface area contributed by atoms with Crippen molar-refractivity contribution in [3.05, 3.63) is 71.2 Å². The zero-order valence-electron chi connectivity index (χ0n) is 28.7. The first-order chi connectivity index (χ1) is 23.7. The van der Waals surface area contributed by atoms with Crippen LogP contribution in [0.5, 0.6) is 5.75 Å². The molecule has 0 spiro atoms. The molecule has 1 saturated heterocycles. The minimum atomic E-state index is -1.35. The summed E-state index contributed by atoms with van der Waals surface area (Å²) in [5, 5.41) is 4.84. The fraction of sp³-hybridized carbons (Fsp3) is 0.486. The molecule has 49 heavy (non-hydrogen) atoms. The lowest BCUT2D eigenvalue weighted by molar-refractivity contribution is 0.0878. The van der Waals surface area contributed by atoms with E-state index in [9.17, 15) is 4.39 Å². The number of hydrogen-bond donors (Lipinski definition) is 0. The highest BCUT2D eigenvalue weighted by atomic mass is 28.3. The SMILES string of the molecule is COc1ccc(CN(Cc2nc3c(F)c(F)ccc3n2COCC[Si](C)(C)C)c2nc(N3CCOCC3)nc3c(C4CCC4)cnn23)cc1. The van der Waals surface area contributed by atoms with Crippen LogP contribution in [0.25, 0.3) is 16.7 Å². The lowest BCUT2D eigenvalue weighted by atomic mass is 9.81. The molecule has 0 radical (unpaired) electrons. The van der Waals surface area contributed by atoms with Crippen molar-refractivity contribution in [2.75, 3.05) is 49.8 Å². The fourth-order valence-corrected chi connectivity index (χ4v) is 7.04. The molecule has 0 atom stereocenters. The molecular weight excluding hydrogens is 647 g/mol. The number of ether oxygens (including phenoxy) is 3. The Morgan fingerprint density at radius 1 is 0.980 bits per heavy atom. The Balaban J connectivity index is 1.34. The molecule has 7 rings (SSSR count). The second-order valence-corrected chi connectivity index (χ2v) is 19.7. The van der Waals surface area contributed by atoms with Gasteiger partial charge in [-0.05, 0) is 54.6 Å². The van der Waals surface area contributed by atoms with Crippen molar-refractivity contribution < 1.29 is 23.0 Å². The van der Waals surface area contributed by atoms with Crippen molar-refractivity contribution in [1.29, 1.82) is 0 Å². The Morgan fingerprint density at radius 2 is 1.76 bits per heavy atom. The highest BCUT2D eigenvalue weighted by Gasteiger charge is 2.29. The summed E-state index contributed by atoms with van der Waals surface area (Å²) in [4.78, 5) is 19.1. The number of methoxy groups -OCH3 is 1. The van der Waals surface area contributed by atoms with Crippen LogP contribution < -0.4 is 14.5 Å². The third kappa shape index (κ3) is 7.12. The van der Waals surface area contributed by atoms with E-state index in [1.54, 1.807) is 13.2 Å². The maximum absolute atomic E-state index is 15.2. The summed E-state index contributed by atoms with van der Waals surface area (Å²) < 4.78 is 50.6. The second kappa shape index (κ2) is 14.0. The number of aromatic nitrogens is 6. The van der Waals surface area contributed by atoms with Gasteiger partial charge in [0, 0.05) is 39.9 Å².